The summed E-state index contributed by atoms with van der Waals surface area (Å²) in [6, 6.07) is 4.26. The number of carbonyl (C=O) groups is 1. The number of likely N-dealkylation sites (tertiary alicyclic amines) is 1. The molecule has 0 aromatic carbocycles. The highest BCUT2D eigenvalue weighted by Crippen LogP contribution is 2.41. The van der Waals surface area contributed by atoms with Crippen LogP contribution in [0.25, 0.3) is 0 Å². The lowest BCUT2D eigenvalue weighted by molar-refractivity contribution is 0.0770. The summed E-state index contributed by atoms with van der Waals surface area (Å²) < 4.78 is 1.90. The molecular formula is C18H23N5O. The first-order valence-corrected chi connectivity index (χ1v) is 8.54. The van der Waals surface area contributed by atoms with Crippen molar-refractivity contribution < 1.29 is 4.79 Å². The standard InChI is InChI=1S/C18H23N5O/c1-21-9-3-4-16(21)18(24)23-11-13-5-6-15(14(13)12-23)22(2)17-10-19-7-8-20-17/h3-4,7-10,13-15H,5-6,11-12H2,1-2H3/t13-,14+,15+/m1/s1. The van der Waals surface area contributed by atoms with Gasteiger partial charge in [0, 0.05) is 57.7 Å². The molecule has 3 heterocycles. The molecule has 0 unspecified atom stereocenters. The SMILES string of the molecule is CN(c1cnccn1)[C@H]1CC[C@@H]2CN(C(=O)c3cccn3C)C[C@@H]21. The predicted molar refractivity (Wildman–Crippen MR) is 91.8 cm³/mol. The Morgan fingerprint density at radius 2 is 2.17 bits per heavy atom. The van der Waals surface area contributed by atoms with Crippen LogP contribution in [0, 0.1) is 11.8 Å². The van der Waals surface area contributed by atoms with Crippen LogP contribution in [-0.4, -0.2) is 51.5 Å². The molecule has 1 amide bonds. The molecule has 1 saturated heterocycles. The van der Waals surface area contributed by atoms with Gasteiger partial charge in [0.2, 0.25) is 0 Å². The molecule has 1 saturated carbocycles. The van der Waals surface area contributed by atoms with Crippen LogP contribution >= 0.6 is 0 Å². The first kappa shape index (κ1) is 15.2. The summed E-state index contributed by atoms with van der Waals surface area (Å²) in [4.78, 5) is 25.7. The molecule has 0 spiro atoms. The first-order chi connectivity index (χ1) is 11.6. The highest BCUT2D eigenvalue weighted by atomic mass is 16.2. The van der Waals surface area contributed by atoms with Crippen molar-refractivity contribution in [1.82, 2.24) is 19.4 Å². The minimum atomic E-state index is 0.151. The van der Waals surface area contributed by atoms with E-state index in [1.807, 2.05) is 41.0 Å². The number of hydrogen-bond acceptors (Lipinski definition) is 4. The fourth-order valence-electron chi connectivity index (χ4n) is 4.37. The molecule has 0 N–H and O–H groups in total. The van der Waals surface area contributed by atoms with E-state index >= 15 is 0 Å². The second kappa shape index (κ2) is 5.92. The minimum Gasteiger partial charge on any atom is -0.355 e. The zero-order chi connectivity index (χ0) is 16.7. The second-order valence-electron chi connectivity index (χ2n) is 6.96. The van der Waals surface area contributed by atoms with Gasteiger partial charge in [-0.3, -0.25) is 9.78 Å². The summed E-state index contributed by atoms with van der Waals surface area (Å²) in [6.07, 6.45) is 9.51. The number of aryl methyl sites for hydroxylation is 1. The first-order valence-electron chi connectivity index (χ1n) is 8.54. The van der Waals surface area contributed by atoms with E-state index < -0.39 is 0 Å². The van der Waals surface area contributed by atoms with Gasteiger partial charge in [0.25, 0.3) is 5.91 Å². The van der Waals surface area contributed by atoms with E-state index in [0.717, 1.165) is 31.0 Å². The third-order valence-electron chi connectivity index (χ3n) is 5.68. The number of nitrogens with zero attached hydrogens (tertiary/aromatic N) is 5. The molecule has 0 bridgehead atoms. The highest BCUT2D eigenvalue weighted by Gasteiger charge is 2.46. The van der Waals surface area contributed by atoms with Crippen LogP contribution in [0.1, 0.15) is 23.3 Å². The van der Waals surface area contributed by atoms with Crippen molar-refractivity contribution in [2.75, 3.05) is 25.0 Å². The maximum Gasteiger partial charge on any atom is 0.270 e. The summed E-state index contributed by atoms with van der Waals surface area (Å²) in [5.41, 5.74) is 0.772. The molecule has 126 valence electrons. The van der Waals surface area contributed by atoms with Gasteiger partial charge in [-0.15, -0.1) is 0 Å². The molecule has 1 aliphatic carbocycles. The molecule has 2 aliphatic rings. The molecule has 6 nitrogen and oxygen atoms in total. The van der Waals surface area contributed by atoms with E-state index in [4.69, 9.17) is 0 Å². The molecule has 4 rings (SSSR count). The Morgan fingerprint density at radius 3 is 2.88 bits per heavy atom. The Labute approximate surface area is 142 Å². The average Bonchev–Trinajstić information content (AvgIpc) is 3.29. The van der Waals surface area contributed by atoms with Crippen molar-refractivity contribution in [2.45, 2.75) is 18.9 Å². The molecule has 24 heavy (non-hydrogen) atoms. The monoisotopic (exact) mass is 325 g/mol. The maximum atomic E-state index is 12.8. The van der Waals surface area contributed by atoms with Gasteiger partial charge < -0.3 is 14.4 Å². The number of anilines is 1. The average molecular weight is 325 g/mol. The van der Waals surface area contributed by atoms with Crippen molar-refractivity contribution >= 4 is 11.7 Å². The third kappa shape index (κ3) is 2.46. The fourth-order valence-corrected chi connectivity index (χ4v) is 4.37. The largest absolute Gasteiger partial charge is 0.355 e. The molecule has 1 aliphatic heterocycles. The number of amides is 1. The Hall–Kier alpha value is -2.37. The number of aromatic nitrogens is 3. The molecule has 0 radical (unpaired) electrons. The van der Waals surface area contributed by atoms with Crippen molar-refractivity contribution in [3.63, 3.8) is 0 Å². The van der Waals surface area contributed by atoms with Gasteiger partial charge in [-0.1, -0.05) is 0 Å². The maximum absolute atomic E-state index is 12.8. The van der Waals surface area contributed by atoms with Crippen LogP contribution in [0.15, 0.2) is 36.9 Å². The van der Waals surface area contributed by atoms with Gasteiger partial charge >= 0.3 is 0 Å². The van der Waals surface area contributed by atoms with E-state index in [9.17, 15) is 4.79 Å². The van der Waals surface area contributed by atoms with Crippen LogP contribution in [0.2, 0.25) is 0 Å². The van der Waals surface area contributed by atoms with E-state index in [0.29, 0.717) is 17.9 Å². The number of rotatable bonds is 3. The van der Waals surface area contributed by atoms with E-state index in [-0.39, 0.29) is 5.91 Å². The van der Waals surface area contributed by atoms with E-state index in [1.54, 1.807) is 12.4 Å². The van der Waals surface area contributed by atoms with Crippen molar-refractivity contribution in [3.8, 4) is 0 Å². The van der Waals surface area contributed by atoms with Crippen LogP contribution in [0.3, 0.4) is 0 Å². The van der Waals surface area contributed by atoms with Gasteiger partial charge in [0.15, 0.2) is 0 Å². The molecular weight excluding hydrogens is 302 g/mol. The van der Waals surface area contributed by atoms with Gasteiger partial charge in [0.05, 0.1) is 6.20 Å². The van der Waals surface area contributed by atoms with Crippen LogP contribution in [-0.2, 0) is 7.05 Å². The van der Waals surface area contributed by atoms with Gasteiger partial charge in [-0.05, 0) is 30.9 Å². The van der Waals surface area contributed by atoms with Gasteiger partial charge in [-0.2, -0.15) is 0 Å². The lowest BCUT2D eigenvalue weighted by Gasteiger charge is -2.30. The highest BCUT2D eigenvalue weighted by molar-refractivity contribution is 5.93. The van der Waals surface area contributed by atoms with E-state index in [1.165, 1.54) is 6.42 Å². The quantitative estimate of drug-likeness (QED) is 0.863. The van der Waals surface area contributed by atoms with Crippen molar-refractivity contribution in [2.24, 2.45) is 18.9 Å². The molecule has 6 heteroatoms. The van der Waals surface area contributed by atoms with E-state index in [2.05, 4.69) is 21.9 Å². The molecule has 3 atom stereocenters. The number of carbonyl (C=O) groups excluding carboxylic acids is 1. The fraction of sp³-hybridized carbons (Fsp3) is 0.500. The van der Waals surface area contributed by atoms with Crippen LogP contribution in [0.5, 0.6) is 0 Å². The summed E-state index contributed by atoms with van der Waals surface area (Å²) in [6.45, 7) is 1.71. The zero-order valence-corrected chi connectivity index (χ0v) is 14.2. The minimum absolute atomic E-state index is 0.151. The summed E-state index contributed by atoms with van der Waals surface area (Å²) >= 11 is 0. The molecule has 2 aromatic heterocycles. The van der Waals surface area contributed by atoms with Gasteiger partial charge in [0.1, 0.15) is 11.5 Å². The van der Waals surface area contributed by atoms with Crippen molar-refractivity contribution in [1.29, 1.82) is 0 Å². The summed E-state index contributed by atoms with van der Waals surface area (Å²) in [5.74, 6) is 2.17. The number of hydrogen-bond donors (Lipinski definition) is 0. The lowest BCUT2D eigenvalue weighted by Crippen LogP contribution is -2.39. The van der Waals surface area contributed by atoms with Crippen LogP contribution < -0.4 is 4.90 Å². The van der Waals surface area contributed by atoms with Crippen molar-refractivity contribution in [3.05, 3.63) is 42.6 Å². The second-order valence-corrected chi connectivity index (χ2v) is 6.96. The number of fused-ring (bicyclic) bond motifs is 1. The smallest absolute Gasteiger partial charge is 0.270 e. The topological polar surface area (TPSA) is 54.3 Å². The summed E-state index contributed by atoms with van der Waals surface area (Å²) in [5, 5.41) is 0. The lowest BCUT2D eigenvalue weighted by atomic mass is 9.97. The summed E-state index contributed by atoms with van der Waals surface area (Å²) in [7, 11) is 4.02. The molecule has 2 aromatic rings. The van der Waals surface area contributed by atoms with Gasteiger partial charge in [-0.25, -0.2) is 4.98 Å². The Balaban J connectivity index is 1.49. The normalized spacial score (nSPS) is 25.8. The Bertz CT molecular complexity index is 728. The van der Waals surface area contributed by atoms with Crippen LogP contribution in [0.4, 0.5) is 5.82 Å². The predicted octanol–water partition coefficient (Wildman–Crippen LogP) is 1.80. The third-order valence-corrected chi connectivity index (χ3v) is 5.68. The Kier molecular flexibility index (Phi) is 3.75. The Morgan fingerprint density at radius 1 is 1.29 bits per heavy atom. The zero-order valence-electron chi connectivity index (χ0n) is 14.2. The molecule has 2 fully saturated rings.